The SMILES string of the molecule is CN(C(=O)c1cccc(C(=O)N2CCC(O)CC2)c1)c1ccccc1. The van der Waals surface area contributed by atoms with Crippen LogP contribution >= 0.6 is 0 Å². The van der Waals surface area contributed by atoms with Crippen LogP contribution in [0.2, 0.25) is 0 Å². The zero-order valence-corrected chi connectivity index (χ0v) is 14.3. The van der Waals surface area contributed by atoms with Crippen molar-refractivity contribution in [1.82, 2.24) is 4.90 Å². The predicted molar refractivity (Wildman–Crippen MR) is 96.8 cm³/mol. The molecule has 0 atom stereocenters. The van der Waals surface area contributed by atoms with E-state index in [0.717, 1.165) is 5.69 Å². The summed E-state index contributed by atoms with van der Waals surface area (Å²) >= 11 is 0. The van der Waals surface area contributed by atoms with Gasteiger partial charge in [0, 0.05) is 37.0 Å². The number of carbonyl (C=O) groups excluding carboxylic acids is 2. The lowest BCUT2D eigenvalue weighted by Crippen LogP contribution is -2.40. The summed E-state index contributed by atoms with van der Waals surface area (Å²) in [6.45, 7) is 1.09. The lowest BCUT2D eigenvalue weighted by atomic mass is 10.0. The summed E-state index contributed by atoms with van der Waals surface area (Å²) < 4.78 is 0. The van der Waals surface area contributed by atoms with E-state index >= 15 is 0 Å². The van der Waals surface area contributed by atoms with E-state index in [4.69, 9.17) is 0 Å². The molecule has 1 fully saturated rings. The summed E-state index contributed by atoms with van der Waals surface area (Å²) in [5.41, 5.74) is 1.78. The third-order valence-corrected chi connectivity index (χ3v) is 4.56. The number of amides is 2. The second kappa shape index (κ2) is 7.49. The van der Waals surface area contributed by atoms with Crippen LogP contribution in [-0.2, 0) is 0 Å². The second-order valence-electron chi connectivity index (χ2n) is 6.30. The van der Waals surface area contributed by atoms with Crippen LogP contribution in [-0.4, -0.2) is 48.1 Å². The number of aliphatic hydroxyl groups excluding tert-OH is 1. The maximum Gasteiger partial charge on any atom is 0.258 e. The average Bonchev–Trinajstić information content (AvgIpc) is 2.67. The Balaban J connectivity index is 1.77. The minimum absolute atomic E-state index is 0.0936. The number of para-hydroxylation sites is 1. The van der Waals surface area contributed by atoms with E-state index in [1.807, 2.05) is 30.3 Å². The number of piperidine rings is 1. The number of likely N-dealkylation sites (tertiary alicyclic amines) is 1. The Morgan fingerprint density at radius 2 is 1.64 bits per heavy atom. The molecule has 0 spiro atoms. The highest BCUT2D eigenvalue weighted by atomic mass is 16.3. The molecule has 0 unspecified atom stereocenters. The van der Waals surface area contributed by atoms with Gasteiger partial charge in [0.2, 0.25) is 0 Å². The van der Waals surface area contributed by atoms with Crippen LogP contribution in [0.1, 0.15) is 33.6 Å². The number of aliphatic hydroxyl groups is 1. The smallest absolute Gasteiger partial charge is 0.258 e. The van der Waals surface area contributed by atoms with Crippen molar-refractivity contribution in [3.05, 3.63) is 65.7 Å². The van der Waals surface area contributed by atoms with Crippen molar-refractivity contribution in [3.63, 3.8) is 0 Å². The third-order valence-electron chi connectivity index (χ3n) is 4.56. The highest BCUT2D eigenvalue weighted by molar-refractivity contribution is 6.07. The standard InChI is InChI=1S/C20H22N2O3/c1-21(17-8-3-2-4-9-17)19(24)15-6-5-7-16(14-15)20(25)22-12-10-18(23)11-13-22/h2-9,14,18,23H,10-13H2,1H3. The first-order chi connectivity index (χ1) is 12.1. The molecule has 25 heavy (non-hydrogen) atoms. The Bertz CT molecular complexity index is 753. The maximum atomic E-state index is 12.7. The van der Waals surface area contributed by atoms with Crippen LogP contribution in [0, 0.1) is 0 Å². The van der Waals surface area contributed by atoms with Crippen LogP contribution in [0.4, 0.5) is 5.69 Å². The number of nitrogens with zero attached hydrogens (tertiary/aromatic N) is 2. The Morgan fingerprint density at radius 3 is 2.32 bits per heavy atom. The van der Waals surface area contributed by atoms with E-state index in [2.05, 4.69) is 0 Å². The van der Waals surface area contributed by atoms with Crippen molar-refractivity contribution >= 4 is 17.5 Å². The summed E-state index contributed by atoms with van der Waals surface area (Å²) in [5, 5.41) is 9.58. The summed E-state index contributed by atoms with van der Waals surface area (Å²) in [4.78, 5) is 28.7. The fraction of sp³-hybridized carbons (Fsp3) is 0.300. The molecule has 1 heterocycles. The molecular formula is C20H22N2O3. The highest BCUT2D eigenvalue weighted by Crippen LogP contribution is 2.18. The van der Waals surface area contributed by atoms with Gasteiger partial charge in [-0.15, -0.1) is 0 Å². The lowest BCUT2D eigenvalue weighted by molar-refractivity contribution is 0.0546. The number of hydrogen-bond acceptors (Lipinski definition) is 3. The van der Waals surface area contributed by atoms with E-state index in [1.165, 1.54) is 0 Å². The number of carbonyl (C=O) groups is 2. The minimum atomic E-state index is -0.323. The minimum Gasteiger partial charge on any atom is -0.393 e. The van der Waals surface area contributed by atoms with Gasteiger partial charge in [0.1, 0.15) is 0 Å². The molecule has 3 rings (SSSR count). The molecule has 0 bridgehead atoms. The molecule has 2 aromatic carbocycles. The molecule has 1 aliphatic rings. The van der Waals surface area contributed by atoms with Crippen LogP contribution in [0.3, 0.4) is 0 Å². The molecule has 0 aromatic heterocycles. The monoisotopic (exact) mass is 338 g/mol. The van der Waals surface area contributed by atoms with Gasteiger partial charge in [0.15, 0.2) is 0 Å². The molecule has 5 heteroatoms. The van der Waals surface area contributed by atoms with Gasteiger partial charge in [-0.3, -0.25) is 9.59 Å². The van der Waals surface area contributed by atoms with Crippen molar-refractivity contribution in [3.8, 4) is 0 Å². The number of benzene rings is 2. The van der Waals surface area contributed by atoms with Gasteiger partial charge in [-0.2, -0.15) is 0 Å². The molecule has 1 saturated heterocycles. The van der Waals surface area contributed by atoms with Crippen molar-refractivity contribution in [2.45, 2.75) is 18.9 Å². The topological polar surface area (TPSA) is 60.9 Å². The Labute approximate surface area is 147 Å². The summed E-state index contributed by atoms with van der Waals surface area (Å²) in [7, 11) is 1.72. The molecule has 5 nitrogen and oxygen atoms in total. The van der Waals surface area contributed by atoms with Gasteiger partial charge in [-0.05, 0) is 43.2 Å². The zero-order valence-electron chi connectivity index (χ0n) is 14.3. The van der Waals surface area contributed by atoms with Gasteiger partial charge < -0.3 is 14.9 Å². The Morgan fingerprint density at radius 1 is 1.00 bits per heavy atom. The average molecular weight is 338 g/mol. The fourth-order valence-electron chi connectivity index (χ4n) is 3.00. The molecule has 130 valence electrons. The van der Waals surface area contributed by atoms with Gasteiger partial charge >= 0.3 is 0 Å². The summed E-state index contributed by atoms with van der Waals surface area (Å²) in [6.07, 6.45) is 0.874. The molecule has 0 aliphatic carbocycles. The van der Waals surface area contributed by atoms with Crippen molar-refractivity contribution in [1.29, 1.82) is 0 Å². The lowest BCUT2D eigenvalue weighted by Gasteiger charge is -2.29. The van der Waals surface area contributed by atoms with Crippen LogP contribution in [0.25, 0.3) is 0 Å². The van der Waals surface area contributed by atoms with Crippen molar-refractivity contribution in [2.24, 2.45) is 0 Å². The Hall–Kier alpha value is -2.66. The first-order valence-electron chi connectivity index (χ1n) is 8.47. The van der Waals surface area contributed by atoms with Crippen molar-refractivity contribution in [2.75, 3.05) is 25.0 Å². The zero-order chi connectivity index (χ0) is 17.8. The van der Waals surface area contributed by atoms with E-state index in [9.17, 15) is 14.7 Å². The predicted octanol–water partition coefficient (Wildman–Crippen LogP) is 2.56. The normalized spacial score (nSPS) is 15.0. The largest absolute Gasteiger partial charge is 0.393 e. The van der Waals surface area contributed by atoms with Crippen LogP contribution in [0.5, 0.6) is 0 Å². The van der Waals surface area contributed by atoms with E-state index in [-0.39, 0.29) is 17.9 Å². The van der Waals surface area contributed by atoms with Gasteiger partial charge in [0.25, 0.3) is 11.8 Å². The highest BCUT2D eigenvalue weighted by Gasteiger charge is 2.23. The molecule has 0 saturated carbocycles. The van der Waals surface area contributed by atoms with E-state index in [1.54, 1.807) is 41.1 Å². The van der Waals surface area contributed by atoms with E-state index in [0.29, 0.717) is 37.1 Å². The second-order valence-corrected chi connectivity index (χ2v) is 6.30. The summed E-state index contributed by atoms with van der Waals surface area (Å²) in [5.74, 6) is -0.251. The van der Waals surface area contributed by atoms with Crippen LogP contribution in [0.15, 0.2) is 54.6 Å². The quantitative estimate of drug-likeness (QED) is 0.936. The van der Waals surface area contributed by atoms with Gasteiger partial charge in [-0.1, -0.05) is 24.3 Å². The number of hydrogen-bond donors (Lipinski definition) is 1. The maximum absolute atomic E-state index is 12.7. The Kier molecular flexibility index (Phi) is 5.14. The van der Waals surface area contributed by atoms with Gasteiger partial charge in [-0.25, -0.2) is 0 Å². The van der Waals surface area contributed by atoms with Gasteiger partial charge in [0.05, 0.1) is 6.10 Å². The molecular weight excluding hydrogens is 316 g/mol. The third kappa shape index (κ3) is 3.88. The summed E-state index contributed by atoms with van der Waals surface area (Å²) in [6, 6.07) is 16.2. The first-order valence-corrected chi connectivity index (χ1v) is 8.47. The fourth-order valence-corrected chi connectivity index (χ4v) is 3.00. The first kappa shape index (κ1) is 17.2. The molecule has 1 N–H and O–H groups in total. The number of rotatable bonds is 3. The van der Waals surface area contributed by atoms with Crippen LogP contribution < -0.4 is 4.90 Å². The molecule has 1 aliphatic heterocycles. The molecule has 2 aromatic rings. The number of anilines is 1. The molecule has 0 radical (unpaired) electrons. The van der Waals surface area contributed by atoms with Crippen molar-refractivity contribution < 1.29 is 14.7 Å². The van der Waals surface area contributed by atoms with E-state index < -0.39 is 0 Å². The molecule has 2 amide bonds.